The van der Waals surface area contributed by atoms with Crippen molar-refractivity contribution in [1.29, 1.82) is 0 Å². The van der Waals surface area contributed by atoms with Crippen molar-refractivity contribution >= 4 is 44.7 Å². The highest BCUT2D eigenvalue weighted by atomic mass is 79.9. The van der Waals surface area contributed by atoms with Crippen LogP contribution in [0.5, 0.6) is 11.5 Å². The zero-order valence-electron chi connectivity index (χ0n) is 15.5. The molecule has 1 saturated heterocycles. The number of piperidine rings is 1. The van der Waals surface area contributed by atoms with E-state index in [1.807, 2.05) is 36.4 Å². The Kier molecular flexibility index (Phi) is 7.01. The minimum atomic E-state index is 0.364. The standard InChI is InChI=1S/C21H23BrClNO2S/c1-14-7-9-24(10-8-14)21(27)16-11-17(22)20(19(12-16)25-2)26-13-15-5-3-4-6-18(15)23/h3-6,11-12,14H,7-10,13H2,1-2H3. The van der Waals surface area contributed by atoms with Crippen molar-refractivity contribution in [3.05, 3.63) is 57.0 Å². The smallest absolute Gasteiger partial charge is 0.175 e. The molecular formula is C21H23BrClNO2S. The molecule has 1 aliphatic rings. The van der Waals surface area contributed by atoms with E-state index in [1.165, 1.54) is 12.8 Å². The number of hydrogen-bond donors (Lipinski definition) is 0. The molecule has 3 rings (SSSR count). The molecule has 0 bridgehead atoms. The number of likely N-dealkylation sites (tertiary alicyclic amines) is 1. The Bertz CT molecular complexity index is 822. The van der Waals surface area contributed by atoms with Crippen LogP contribution in [0.4, 0.5) is 0 Å². The molecule has 1 aliphatic heterocycles. The summed E-state index contributed by atoms with van der Waals surface area (Å²) >= 11 is 15.6. The Hall–Kier alpha value is -1.30. The van der Waals surface area contributed by atoms with Crippen molar-refractivity contribution in [1.82, 2.24) is 4.90 Å². The van der Waals surface area contributed by atoms with Crippen molar-refractivity contribution in [2.75, 3.05) is 20.2 Å². The molecule has 0 N–H and O–H groups in total. The molecule has 1 heterocycles. The summed E-state index contributed by atoms with van der Waals surface area (Å²) in [7, 11) is 1.64. The second kappa shape index (κ2) is 9.26. The Morgan fingerprint density at radius 1 is 1.26 bits per heavy atom. The molecule has 27 heavy (non-hydrogen) atoms. The monoisotopic (exact) mass is 467 g/mol. The van der Waals surface area contributed by atoms with Gasteiger partial charge in [0.05, 0.1) is 11.6 Å². The van der Waals surface area contributed by atoms with Gasteiger partial charge in [0.1, 0.15) is 11.6 Å². The summed E-state index contributed by atoms with van der Waals surface area (Å²) in [6.45, 7) is 4.67. The zero-order chi connectivity index (χ0) is 19.4. The lowest BCUT2D eigenvalue weighted by Gasteiger charge is -2.32. The topological polar surface area (TPSA) is 21.7 Å². The Morgan fingerprint density at radius 3 is 2.63 bits per heavy atom. The van der Waals surface area contributed by atoms with Crippen LogP contribution < -0.4 is 9.47 Å². The van der Waals surface area contributed by atoms with E-state index >= 15 is 0 Å². The lowest BCUT2D eigenvalue weighted by atomic mass is 9.99. The average molecular weight is 469 g/mol. The van der Waals surface area contributed by atoms with Crippen LogP contribution in [0.2, 0.25) is 5.02 Å². The number of rotatable bonds is 5. The Morgan fingerprint density at radius 2 is 1.96 bits per heavy atom. The molecule has 3 nitrogen and oxygen atoms in total. The van der Waals surface area contributed by atoms with Crippen molar-refractivity contribution in [3.8, 4) is 11.5 Å². The van der Waals surface area contributed by atoms with E-state index in [1.54, 1.807) is 7.11 Å². The first-order valence-corrected chi connectivity index (χ1v) is 10.6. The SMILES string of the molecule is COc1cc(C(=S)N2CCC(C)CC2)cc(Br)c1OCc1ccccc1Cl. The number of halogens is 2. The van der Waals surface area contributed by atoms with Gasteiger partial charge in [0.2, 0.25) is 0 Å². The van der Waals surface area contributed by atoms with Gasteiger partial charge in [-0.2, -0.15) is 0 Å². The van der Waals surface area contributed by atoms with Crippen LogP contribution in [0.25, 0.3) is 0 Å². The van der Waals surface area contributed by atoms with Gasteiger partial charge in [0.25, 0.3) is 0 Å². The molecule has 1 fully saturated rings. The van der Waals surface area contributed by atoms with E-state index in [4.69, 9.17) is 33.3 Å². The molecule has 0 amide bonds. The highest BCUT2D eigenvalue weighted by Gasteiger charge is 2.21. The van der Waals surface area contributed by atoms with Crippen LogP contribution in [0, 0.1) is 5.92 Å². The number of benzene rings is 2. The fraction of sp³-hybridized carbons (Fsp3) is 0.381. The van der Waals surface area contributed by atoms with Crippen molar-refractivity contribution < 1.29 is 9.47 Å². The van der Waals surface area contributed by atoms with Gasteiger partial charge in [-0.05, 0) is 52.9 Å². The van der Waals surface area contributed by atoms with Crippen LogP contribution in [0.15, 0.2) is 40.9 Å². The molecule has 0 radical (unpaired) electrons. The first kappa shape index (κ1) is 20.4. The molecule has 0 aromatic heterocycles. The van der Waals surface area contributed by atoms with Crippen LogP contribution in [0.3, 0.4) is 0 Å². The van der Waals surface area contributed by atoms with Crippen LogP contribution in [-0.4, -0.2) is 30.1 Å². The van der Waals surface area contributed by atoms with Gasteiger partial charge in [-0.25, -0.2) is 0 Å². The highest BCUT2D eigenvalue weighted by Crippen LogP contribution is 2.38. The summed E-state index contributed by atoms with van der Waals surface area (Å²) in [5.74, 6) is 2.07. The van der Waals surface area contributed by atoms with Crippen LogP contribution in [-0.2, 0) is 6.61 Å². The quantitative estimate of drug-likeness (QED) is 0.494. The number of hydrogen-bond acceptors (Lipinski definition) is 3. The number of thiocarbonyl (C=S) groups is 1. The summed E-state index contributed by atoms with van der Waals surface area (Å²) in [4.78, 5) is 3.14. The summed E-state index contributed by atoms with van der Waals surface area (Å²) in [6.07, 6.45) is 2.36. The second-order valence-corrected chi connectivity index (χ2v) is 8.49. The summed E-state index contributed by atoms with van der Waals surface area (Å²) in [5, 5.41) is 0.685. The molecule has 6 heteroatoms. The molecule has 2 aromatic carbocycles. The Labute approximate surface area is 179 Å². The van der Waals surface area contributed by atoms with Gasteiger partial charge in [-0.3, -0.25) is 0 Å². The second-order valence-electron chi connectivity index (χ2n) is 6.84. The molecule has 144 valence electrons. The zero-order valence-corrected chi connectivity index (χ0v) is 18.7. The van der Waals surface area contributed by atoms with E-state index in [0.717, 1.165) is 39.6 Å². The lowest BCUT2D eigenvalue weighted by molar-refractivity contribution is 0.281. The fourth-order valence-electron chi connectivity index (χ4n) is 3.14. The maximum Gasteiger partial charge on any atom is 0.175 e. The molecule has 0 saturated carbocycles. The van der Waals surface area contributed by atoms with E-state index in [0.29, 0.717) is 23.1 Å². The van der Waals surface area contributed by atoms with Gasteiger partial charge < -0.3 is 14.4 Å². The van der Waals surface area contributed by atoms with Crippen molar-refractivity contribution in [3.63, 3.8) is 0 Å². The minimum Gasteiger partial charge on any atom is -0.493 e. The summed E-state index contributed by atoms with van der Waals surface area (Å²) < 4.78 is 12.4. The van der Waals surface area contributed by atoms with Gasteiger partial charge in [0.15, 0.2) is 11.5 Å². The normalized spacial score (nSPS) is 14.9. The predicted octanol–water partition coefficient (Wildman–Crippen LogP) is 6.10. The summed E-state index contributed by atoms with van der Waals surface area (Å²) in [5.41, 5.74) is 1.89. The minimum absolute atomic E-state index is 0.364. The van der Waals surface area contributed by atoms with Gasteiger partial charge in [-0.15, -0.1) is 0 Å². The number of methoxy groups -OCH3 is 1. The number of nitrogens with zero attached hydrogens (tertiary/aromatic N) is 1. The van der Waals surface area contributed by atoms with E-state index < -0.39 is 0 Å². The maximum atomic E-state index is 6.22. The van der Waals surface area contributed by atoms with Gasteiger partial charge >= 0.3 is 0 Å². The molecule has 0 atom stereocenters. The third kappa shape index (κ3) is 4.95. The Balaban J connectivity index is 1.78. The van der Waals surface area contributed by atoms with Crippen LogP contribution >= 0.6 is 39.7 Å². The third-order valence-corrected chi connectivity index (χ3v) is 6.33. The molecular weight excluding hydrogens is 446 g/mol. The largest absolute Gasteiger partial charge is 0.493 e. The maximum absolute atomic E-state index is 6.22. The van der Waals surface area contributed by atoms with E-state index in [-0.39, 0.29) is 0 Å². The third-order valence-electron chi connectivity index (χ3n) is 4.88. The highest BCUT2D eigenvalue weighted by molar-refractivity contribution is 9.10. The fourth-order valence-corrected chi connectivity index (χ4v) is 4.19. The van der Waals surface area contributed by atoms with E-state index in [9.17, 15) is 0 Å². The lowest BCUT2D eigenvalue weighted by Crippen LogP contribution is -2.37. The first-order valence-electron chi connectivity index (χ1n) is 9.02. The van der Waals surface area contributed by atoms with E-state index in [2.05, 4.69) is 27.8 Å². The molecule has 0 spiro atoms. The van der Waals surface area contributed by atoms with Gasteiger partial charge in [-0.1, -0.05) is 48.9 Å². The van der Waals surface area contributed by atoms with Crippen molar-refractivity contribution in [2.24, 2.45) is 5.92 Å². The van der Waals surface area contributed by atoms with Gasteiger partial charge in [0, 0.05) is 29.2 Å². The summed E-state index contributed by atoms with van der Waals surface area (Å²) in [6, 6.07) is 11.6. The van der Waals surface area contributed by atoms with Crippen LogP contribution in [0.1, 0.15) is 30.9 Å². The predicted molar refractivity (Wildman–Crippen MR) is 118 cm³/mol. The number of ether oxygens (including phenoxy) is 2. The average Bonchev–Trinajstić information content (AvgIpc) is 2.67. The molecule has 0 unspecified atom stereocenters. The van der Waals surface area contributed by atoms with Crippen molar-refractivity contribution in [2.45, 2.75) is 26.4 Å². The first-order chi connectivity index (χ1) is 13.0. The molecule has 2 aromatic rings. The molecule has 0 aliphatic carbocycles.